The fourth-order valence-electron chi connectivity index (χ4n) is 2.63. The molecular weight excluding hydrogens is 444 g/mol. The highest BCUT2D eigenvalue weighted by atomic mass is 16.4. The van der Waals surface area contributed by atoms with Gasteiger partial charge >= 0.3 is 11.9 Å². The molecule has 0 radical (unpaired) electrons. The average Bonchev–Trinajstić information content (AvgIpc) is 3.25. The number of nitrogens with zero attached hydrogens (tertiary/aromatic N) is 1. The zero-order valence-electron chi connectivity index (χ0n) is 17.7. The van der Waals surface area contributed by atoms with Gasteiger partial charge in [0.1, 0.15) is 24.2 Å². The van der Waals surface area contributed by atoms with Crippen molar-refractivity contribution in [1.82, 2.24) is 25.9 Å². The van der Waals surface area contributed by atoms with E-state index in [1.807, 2.05) is 0 Å². The molecule has 10 N–H and O–H groups in total. The van der Waals surface area contributed by atoms with Gasteiger partial charge in [0.2, 0.25) is 17.7 Å². The molecule has 1 aromatic heterocycles. The third-order valence-electron chi connectivity index (χ3n) is 4.47. The summed E-state index contributed by atoms with van der Waals surface area (Å²) in [5, 5.41) is 43.6. The Morgan fingerprint density at radius 3 is 2.18 bits per heavy atom. The molecule has 0 saturated carbocycles. The Balaban J connectivity index is 3.03. The van der Waals surface area contributed by atoms with Gasteiger partial charge in [0.05, 0.1) is 19.0 Å². The maximum Gasteiger partial charge on any atom is 0.326 e. The van der Waals surface area contributed by atoms with Crippen molar-refractivity contribution >= 4 is 29.7 Å². The second kappa shape index (κ2) is 13.1. The minimum absolute atomic E-state index is 0.167. The van der Waals surface area contributed by atoms with Crippen LogP contribution in [0.5, 0.6) is 0 Å². The third-order valence-corrected chi connectivity index (χ3v) is 4.47. The van der Waals surface area contributed by atoms with Gasteiger partial charge in [0.15, 0.2) is 0 Å². The van der Waals surface area contributed by atoms with Crippen LogP contribution in [0.1, 0.15) is 25.5 Å². The minimum atomic E-state index is -1.55. The molecule has 0 spiro atoms. The van der Waals surface area contributed by atoms with Crippen molar-refractivity contribution in [1.29, 1.82) is 0 Å². The number of aliphatic hydroxyl groups excluding tert-OH is 2. The normalized spacial score (nSPS) is 15.4. The summed E-state index contributed by atoms with van der Waals surface area (Å²) >= 11 is 0. The molecule has 15 heteroatoms. The van der Waals surface area contributed by atoms with E-state index < -0.39 is 79.4 Å². The zero-order chi connectivity index (χ0) is 25.1. The maximum atomic E-state index is 12.8. The number of carbonyl (C=O) groups is 5. The van der Waals surface area contributed by atoms with Gasteiger partial charge in [-0.1, -0.05) is 0 Å². The standard InChI is InChI=1S/C18H28N6O9/c1-8(26)14(24-15(29)10(19)6-25)17(31)23-12(4-9-5-20-7-21-9)16(30)22-11(18(32)33)2-3-13(27)28/h5,7-8,10-12,14,25-26H,2-4,6,19H2,1H3,(H,20,21)(H,22,30)(H,23,31)(H,24,29)(H,27,28)(H,32,33). The molecule has 0 aromatic carbocycles. The van der Waals surface area contributed by atoms with E-state index in [0.29, 0.717) is 5.69 Å². The van der Waals surface area contributed by atoms with Gasteiger partial charge in [0.25, 0.3) is 0 Å². The summed E-state index contributed by atoms with van der Waals surface area (Å²) in [4.78, 5) is 66.1. The second-order valence-corrected chi connectivity index (χ2v) is 7.19. The molecule has 1 rings (SSSR count). The van der Waals surface area contributed by atoms with Gasteiger partial charge in [0, 0.05) is 24.7 Å². The lowest BCUT2D eigenvalue weighted by Crippen LogP contribution is -2.60. The summed E-state index contributed by atoms with van der Waals surface area (Å²) in [6.45, 7) is 0.489. The fraction of sp³-hybridized carbons (Fsp3) is 0.556. The fourth-order valence-corrected chi connectivity index (χ4v) is 2.63. The molecular formula is C18H28N6O9. The molecule has 0 fully saturated rings. The molecule has 5 atom stereocenters. The predicted octanol–water partition coefficient (Wildman–Crippen LogP) is -3.94. The second-order valence-electron chi connectivity index (χ2n) is 7.19. The molecule has 0 aliphatic rings. The van der Waals surface area contributed by atoms with Crippen LogP contribution in [-0.2, 0) is 30.4 Å². The Morgan fingerprint density at radius 2 is 1.70 bits per heavy atom. The van der Waals surface area contributed by atoms with Crippen molar-refractivity contribution in [2.24, 2.45) is 5.73 Å². The molecule has 0 aliphatic carbocycles. The van der Waals surface area contributed by atoms with E-state index in [1.54, 1.807) is 0 Å². The number of carboxylic acids is 2. The number of nitrogens with two attached hydrogens (primary N) is 1. The first-order chi connectivity index (χ1) is 15.5. The highest BCUT2D eigenvalue weighted by Gasteiger charge is 2.32. The summed E-state index contributed by atoms with van der Waals surface area (Å²) < 4.78 is 0. The van der Waals surface area contributed by atoms with Crippen LogP contribution in [0, 0.1) is 0 Å². The highest BCUT2D eigenvalue weighted by Crippen LogP contribution is 2.05. The van der Waals surface area contributed by atoms with Crippen molar-refractivity contribution in [3.05, 3.63) is 18.2 Å². The summed E-state index contributed by atoms with van der Waals surface area (Å²) in [5.74, 6) is -5.58. The van der Waals surface area contributed by atoms with Crippen LogP contribution in [0.15, 0.2) is 12.5 Å². The number of rotatable bonds is 14. The topological polar surface area (TPSA) is 257 Å². The van der Waals surface area contributed by atoms with E-state index in [4.69, 9.17) is 15.9 Å². The van der Waals surface area contributed by atoms with Gasteiger partial charge in [-0.25, -0.2) is 9.78 Å². The Hall–Kier alpha value is -3.56. The first kappa shape index (κ1) is 27.5. The molecule has 0 bridgehead atoms. The maximum absolute atomic E-state index is 12.8. The minimum Gasteiger partial charge on any atom is -0.481 e. The Kier molecular flexibility index (Phi) is 10.9. The largest absolute Gasteiger partial charge is 0.481 e. The van der Waals surface area contributed by atoms with Crippen LogP contribution < -0.4 is 21.7 Å². The van der Waals surface area contributed by atoms with Crippen LogP contribution in [0.4, 0.5) is 0 Å². The lowest BCUT2D eigenvalue weighted by molar-refractivity contribution is -0.143. The Morgan fingerprint density at radius 1 is 1.06 bits per heavy atom. The van der Waals surface area contributed by atoms with E-state index in [-0.39, 0.29) is 6.42 Å². The van der Waals surface area contributed by atoms with Crippen molar-refractivity contribution in [3.63, 3.8) is 0 Å². The smallest absolute Gasteiger partial charge is 0.326 e. The van der Waals surface area contributed by atoms with Crippen LogP contribution in [-0.4, -0.2) is 96.9 Å². The molecule has 3 amide bonds. The van der Waals surface area contributed by atoms with Gasteiger partial charge in [-0.05, 0) is 13.3 Å². The van der Waals surface area contributed by atoms with E-state index >= 15 is 0 Å². The number of aliphatic carboxylic acids is 2. The average molecular weight is 472 g/mol. The number of hydrogen-bond acceptors (Lipinski definition) is 9. The monoisotopic (exact) mass is 472 g/mol. The van der Waals surface area contributed by atoms with Crippen LogP contribution >= 0.6 is 0 Å². The number of aromatic nitrogens is 2. The number of H-pyrrole nitrogens is 1. The Labute approximate surface area is 187 Å². The number of aromatic amines is 1. The summed E-state index contributed by atoms with van der Waals surface area (Å²) in [6.07, 6.45) is 0.175. The molecule has 15 nitrogen and oxygen atoms in total. The summed E-state index contributed by atoms with van der Waals surface area (Å²) in [5.41, 5.74) is 5.79. The number of nitrogens with one attached hydrogen (secondary N) is 4. The molecule has 5 unspecified atom stereocenters. The summed E-state index contributed by atoms with van der Waals surface area (Å²) in [6, 6.07) is -5.82. The molecule has 0 saturated heterocycles. The van der Waals surface area contributed by atoms with Crippen LogP contribution in [0.3, 0.4) is 0 Å². The number of amides is 3. The number of carboxylic acid groups (broad SMARTS) is 2. The molecule has 0 aliphatic heterocycles. The molecule has 1 heterocycles. The SMILES string of the molecule is CC(O)C(NC(=O)C(N)CO)C(=O)NC(Cc1cnc[nH]1)C(=O)NC(CCC(=O)O)C(=O)O. The van der Waals surface area contributed by atoms with E-state index in [9.17, 15) is 34.2 Å². The van der Waals surface area contributed by atoms with Crippen molar-refractivity contribution < 1.29 is 44.4 Å². The predicted molar refractivity (Wildman–Crippen MR) is 109 cm³/mol. The molecule has 33 heavy (non-hydrogen) atoms. The lowest BCUT2D eigenvalue weighted by atomic mass is 10.1. The van der Waals surface area contributed by atoms with Crippen LogP contribution in [0.25, 0.3) is 0 Å². The quantitative estimate of drug-likeness (QED) is 0.126. The first-order valence-electron chi connectivity index (χ1n) is 9.83. The first-order valence-corrected chi connectivity index (χ1v) is 9.83. The van der Waals surface area contributed by atoms with Crippen LogP contribution in [0.2, 0.25) is 0 Å². The van der Waals surface area contributed by atoms with Crippen molar-refractivity contribution in [2.45, 2.75) is 56.5 Å². The van der Waals surface area contributed by atoms with E-state index in [1.165, 1.54) is 19.4 Å². The van der Waals surface area contributed by atoms with E-state index in [0.717, 1.165) is 0 Å². The van der Waals surface area contributed by atoms with Crippen molar-refractivity contribution in [3.8, 4) is 0 Å². The molecule has 184 valence electrons. The number of carbonyl (C=O) groups excluding carboxylic acids is 3. The van der Waals surface area contributed by atoms with Gasteiger partial charge < -0.3 is 47.1 Å². The van der Waals surface area contributed by atoms with Gasteiger partial charge in [-0.15, -0.1) is 0 Å². The highest BCUT2D eigenvalue weighted by molar-refractivity contribution is 5.94. The number of aliphatic hydroxyl groups is 2. The van der Waals surface area contributed by atoms with Gasteiger partial charge in [-0.2, -0.15) is 0 Å². The van der Waals surface area contributed by atoms with Crippen molar-refractivity contribution in [2.75, 3.05) is 6.61 Å². The lowest BCUT2D eigenvalue weighted by Gasteiger charge is -2.26. The zero-order valence-corrected chi connectivity index (χ0v) is 17.7. The third kappa shape index (κ3) is 9.22. The van der Waals surface area contributed by atoms with E-state index in [2.05, 4.69) is 25.9 Å². The molecule has 1 aromatic rings. The summed E-state index contributed by atoms with van der Waals surface area (Å²) in [7, 11) is 0. The Bertz CT molecular complexity index is 829. The number of imidazole rings is 1. The number of hydrogen-bond donors (Lipinski definition) is 9. The van der Waals surface area contributed by atoms with Gasteiger partial charge in [-0.3, -0.25) is 19.2 Å².